The lowest BCUT2D eigenvalue weighted by atomic mass is 10.1. The smallest absolute Gasteiger partial charge is 0.196 e. The van der Waals surface area contributed by atoms with Crippen molar-refractivity contribution in [3.63, 3.8) is 0 Å². The van der Waals surface area contributed by atoms with Crippen molar-refractivity contribution in [3.05, 3.63) is 90.2 Å². The molecule has 4 aromatic rings. The number of hydrogen-bond donors (Lipinski definition) is 0. The molecule has 0 saturated carbocycles. The maximum atomic E-state index is 13.1. The van der Waals surface area contributed by atoms with E-state index in [1.807, 2.05) is 66.1 Å². The third-order valence-electron chi connectivity index (χ3n) is 4.57. The van der Waals surface area contributed by atoms with Gasteiger partial charge in [0.05, 0.1) is 12.4 Å². The van der Waals surface area contributed by atoms with Gasteiger partial charge in [-0.2, -0.15) is 0 Å². The molecule has 0 spiro atoms. The van der Waals surface area contributed by atoms with E-state index in [1.54, 1.807) is 0 Å². The minimum absolute atomic E-state index is 0.102. The number of nitrogens with zero attached hydrogens (tertiary/aromatic N) is 3. The highest BCUT2D eigenvalue weighted by Gasteiger charge is 2.18. The zero-order valence-corrected chi connectivity index (χ0v) is 17.7. The van der Waals surface area contributed by atoms with Crippen molar-refractivity contribution in [2.75, 3.05) is 12.4 Å². The Balaban J connectivity index is 1.63. The van der Waals surface area contributed by atoms with Crippen LogP contribution in [-0.2, 0) is 0 Å². The first-order chi connectivity index (χ1) is 15.2. The van der Waals surface area contributed by atoms with Crippen molar-refractivity contribution in [2.45, 2.75) is 12.1 Å². The van der Waals surface area contributed by atoms with E-state index in [1.165, 1.54) is 36.0 Å². The fourth-order valence-electron chi connectivity index (χ4n) is 3.08. The van der Waals surface area contributed by atoms with Crippen LogP contribution in [0.3, 0.4) is 0 Å². The van der Waals surface area contributed by atoms with Crippen molar-refractivity contribution in [1.82, 2.24) is 14.8 Å². The number of aromatic nitrogens is 3. The summed E-state index contributed by atoms with van der Waals surface area (Å²) in [6.07, 6.45) is 0. The second kappa shape index (κ2) is 9.57. The summed E-state index contributed by atoms with van der Waals surface area (Å²) >= 11 is 1.30. The number of ether oxygens (including phenoxy) is 1. The van der Waals surface area contributed by atoms with Gasteiger partial charge in [-0.15, -0.1) is 10.2 Å². The van der Waals surface area contributed by atoms with Gasteiger partial charge in [0.25, 0.3) is 0 Å². The second-order valence-electron chi connectivity index (χ2n) is 6.65. The second-order valence-corrected chi connectivity index (χ2v) is 7.60. The number of rotatable bonds is 8. The van der Waals surface area contributed by atoms with Crippen LogP contribution in [0.15, 0.2) is 84.0 Å². The Kier molecular flexibility index (Phi) is 6.43. The molecule has 1 heterocycles. The molecule has 0 atom stereocenters. The van der Waals surface area contributed by atoms with Gasteiger partial charge in [-0.3, -0.25) is 9.36 Å². The average Bonchev–Trinajstić information content (AvgIpc) is 3.23. The van der Waals surface area contributed by atoms with Crippen LogP contribution in [0.5, 0.6) is 5.75 Å². The van der Waals surface area contributed by atoms with E-state index in [4.69, 9.17) is 4.74 Å². The number of hydrogen-bond acceptors (Lipinski definition) is 5. The van der Waals surface area contributed by atoms with Crippen molar-refractivity contribution < 1.29 is 13.9 Å². The molecule has 0 bridgehead atoms. The number of carbonyl (C=O) groups excluding carboxylic acids is 1. The van der Waals surface area contributed by atoms with Gasteiger partial charge in [0.1, 0.15) is 11.6 Å². The third-order valence-corrected chi connectivity index (χ3v) is 5.50. The predicted molar refractivity (Wildman–Crippen MR) is 119 cm³/mol. The molecule has 5 nitrogen and oxygen atoms in total. The van der Waals surface area contributed by atoms with E-state index in [-0.39, 0.29) is 17.4 Å². The van der Waals surface area contributed by atoms with E-state index < -0.39 is 0 Å². The zero-order chi connectivity index (χ0) is 21.6. The fourth-order valence-corrected chi connectivity index (χ4v) is 3.92. The molecule has 0 unspecified atom stereocenters. The van der Waals surface area contributed by atoms with Gasteiger partial charge in [-0.05, 0) is 67.6 Å². The lowest BCUT2D eigenvalue weighted by Crippen LogP contribution is -2.05. The topological polar surface area (TPSA) is 57.0 Å². The number of para-hydroxylation sites is 1. The van der Waals surface area contributed by atoms with E-state index in [0.717, 1.165) is 17.0 Å². The molecule has 31 heavy (non-hydrogen) atoms. The van der Waals surface area contributed by atoms with Crippen LogP contribution in [-0.4, -0.2) is 32.9 Å². The van der Waals surface area contributed by atoms with Gasteiger partial charge >= 0.3 is 0 Å². The molecule has 3 aromatic carbocycles. The Morgan fingerprint density at radius 3 is 2.35 bits per heavy atom. The summed E-state index contributed by atoms with van der Waals surface area (Å²) in [7, 11) is 0. The van der Waals surface area contributed by atoms with Crippen LogP contribution in [0, 0.1) is 5.82 Å². The molecule has 4 rings (SSSR count). The number of carbonyl (C=O) groups is 1. The number of benzene rings is 3. The number of Topliss-reactive ketones (excluding diaryl/α,β-unsaturated/α-hetero) is 1. The normalized spacial score (nSPS) is 10.8. The van der Waals surface area contributed by atoms with E-state index in [9.17, 15) is 9.18 Å². The first-order valence-electron chi connectivity index (χ1n) is 9.81. The molecule has 0 aliphatic carbocycles. The standard InChI is InChI=1S/C24H20FN3O2S/c1-2-30-21-14-10-18(11-15-21)23-26-27-24(28(23)20-6-4-3-5-7-20)31-16-22(29)17-8-12-19(25)13-9-17/h3-15H,2,16H2,1H3. The van der Waals surface area contributed by atoms with E-state index in [0.29, 0.717) is 23.2 Å². The molecular weight excluding hydrogens is 413 g/mol. The first kappa shape index (κ1) is 20.8. The van der Waals surface area contributed by atoms with Crippen LogP contribution in [0.4, 0.5) is 4.39 Å². The highest BCUT2D eigenvalue weighted by Crippen LogP contribution is 2.29. The lowest BCUT2D eigenvalue weighted by molar-refractivity contribution is 0.102. The average molecular weight is 434 g/mol. The highest BCUT2D eigenvalue weighted by atomic mass is 32.2. The SMILES string of the molecule is CCOc1ccc(-c2nnc(SCC(=O)c3ccc(F)cc3)n2-c2ccccc2)cc1. The molecule has 0 N–H and O–H groups in total. The summed E-state index contributed by atoms with van der Waals surface area (Å²) in [5.41, 5.74) is 2.25. The fraction of sp³-hybridized carbons (Fsp3) is 0.125. The van der Waals surface area contributed by atoms with Crippen LogP contribution in [0.25, 0.3) is 17.1 Å². The van der Waals surface area contributed by atoms with Crippen molar-refractivity contribution in [3.8, 4) is 22.8 Å². The number of ketones is 1. The molecular formula is C24H20FN3O2S. The van der Waals surface area contributed by atoms with Crippen LogP contribution in [0.1, 0.15) is 17.3 Å². The summed E-state index contributed by atoms with van der Waals surface area (Å²) in [5, 5.41) is 9.33. The molecule has 0 fully saturated rings. The molecule has 7 heteroatoms. The molecule has 0 aliphatic heterocycles. The van der Waals surface area contributed by atoms with Crippen molar-refractivity contribution >= 4 is 17.5 Å². The third kappa shape index (κ3) is 4.83. The Morgan fingerprint density at radius 1 is 0.968 bits per heavy atom. The van der Waals surface area contributed by atoms with E-state index in [2.05, 4.69) is 10.2 Å². The Morgan fingerprint density at radius 2 is 1.68 bits per heavy atom. The maximum absolute atomic E-state index is 13.1. The summed E-state index contributed by atoms with van der Waals surface area (Å²) in [6.45, 7) is 2.54. The summed E-state index contributed by atoms with van der Waals surface area (Å²) in [5.74, 6) is 1.16. The summed E-state index contributed by atoms with van der Waals surface area (Å²) in [4.78, 5) is 12.5. The van der Waals surface area contributed by atoms with Gasteiger partial charge in [0.15, 0.2) is 16.8 Å². The minimum Gasteiger partial charge on any atom is -0.494 e. The molecule has 156 valence electrons. The van der Waals surface area contributed by atoms with Gasteiger partial charge in [-0.1, -0.05) is 30.0 Å². The molecule has 0 amide bonds. The molecule has 0 radical (unpaired) electrons. The summed E-state index contributed by atoms with van der Waals surface area (Å²) < 4.78 is 20.6. The molecule has 0 saturated heterocycles. The van der Waals surface area contributed by atoms with Gasteiger partial charge < -0.3 is 4.74 Å². The summed E-state index contributed by atoms with van der Waals surface area (Å²) in [6, 6.07) is 23.0. The van der Waals surface area contributed by atoms with Crippen molar-refractivity contribution in [1.29, 1.82) is 0 Å². The van der Waals surface area contributed by atoms with Gasteiger partial charge in [0, 0.05) is 16.8 Å². The Labute approximate surface area is 183 Å². The molecule has 1 aromatic heterocycles. The largest absolute Gasteiger partial charge is 0.494 e. The molecule has 0 aliphatic rings. The minimum atomic E-state index is -0.368. The van der Waals surface area contributed by atoms with E-state index >= 15 is 0 Å². The Bertz CT molecular complexity index is 1160. The maximum Gasteiger partial charge on any atom is 0.196 e. The monoisotopic (exact) mass is 433 g/mol. The quantitative estimate of drug-likeness (QED) is 0.273. The van der Waals surface area contributed by atoms with Crippen LogP contribution >= 0.6 is 11.8 Å². The first-order valence-corrected chi connectivity index (χ1v) is 10.8. The lowest BCUT2D eigenvalue weighted by Gasteiger charge is -2.11. The van der Waals surface area contributed by atoms with Crippen molar-refractivity contribution in [2.24, 2.45) is 0 Å². The zero-order valence-electron chi connectivity index (χ0n) is 16.9. The van der Waals surface area contributed by atoms with Gasteiger partial charge in [0.2, 0.25) is 0 Å². The Hall–Kier alpha value is -3.45. The van der Waals surface area contributed by atoms with Crippen LogP contribution < -0.4 is 4.74 Å². The number of halogens is 1. The predicted octanol–water partition coefficient (Wildman–Crippen LogP) is 5.45. The highest BCUT2D eigenvalue weighted by molar-refractivity contribution is 7.99. The van der Waals surface area contributed by atoms with Gasteiger partial charge in [-0.25, -0.2) is 4.39 Å². The number of thioether (sulfide) groups is 1. The van der Waals surface area contributed by atoms with Crippen LogP contribution in [0.2, 0.25) is 0 Å².